The van der Waals surface area contributed by atoms with Crippen LogP contribution < -0.4 is 5.73 Å². The van der Waals surface area contributed by atoms with Crippen LogP contribution in [0.4, 0.5) is 5.69 Å². The van der Waals surface area contributed by atoms with Gasteiger partial charge in [-0.3, -0.25) is 0 Å². The fraction of sp³-hybridized carbons (Fsp3) is 0. The topological polar surface area (TPSA) is 69.1 Å². The van der Waals surface area contributed by atoms with Gasteiger partial charge in [-0.1, -0.05) is 23.5 Å². The van der Waals surface area contributed by atoms with Gasteiger partial charge >= 0.3 is 0 Å². The van der Waals surface area contributed by atoms with Gasteiger partial charge in [0.2, 0.25) is 4.96 Å². The lowest BCUT2D eigenvalue weighted by atomic mass is 10.2. The average Bonchev–Trinajstić information content (AvgIpc) is 2.76. The molecule has 15 heavy (non-hydrogen) atoms. The molecule has 3 rings (SSSR count). The van der Waals surface area contributed by atoms with Gasteiger partial charge in [-0.2, -0.15) is 9.61 Å². The van der Waals surface area contributed by atoms with Gasteiger partial charge in [-0.15, -0.1) is 10.2 Å². The van der Waals surface area contributed by atoms with E-state index in [0.717, 1.165) is 21.2 Å². The van der Waals surface area contributed by atoms with Crippen LogP contribution in [-0.2, 0) is 0 Å². The number of fused-ring (bicyclic) bond motifs is 1. The number of anilines is 1. The molecular formula is C9H7N5S. The Morgan fingerprint density at radius 2 is 2.27 bits per heavy atom. The van der Waals surface area contributed by atoms with Gasteiger partial charge in [0.05, 0.1) is 0 Å². The molecule has 2 heterocycles. The molecule has 74 valence electrons. The zero-order valence-electron chi connectivity index (χ0n) is 7.66. The Labute approximate surface area is 89.2 Å². The van der Waals surface area contributed by atoms with Gasteiger partial charge in [0.1, 0.15) is 11.3 Å². The normalized spacial score (nSPS) is 10.9. The quantitative estimate of drug-likeness (QED) is 0.626. The van der Waals surface area contributed by atoms with Crippen molar-refractivity contribution in [2.75, 3.05) is 5.73 Å². The van der Waals surface area contributed by atoms with Crippen LogP contribution in [0, 0.1) is 0 Å². The van der Waals surface area contributed by atoms with Crippen molar-refractivity contribution in [3.63, 3.8) is 0 Å². The molecule has 0 aliphatic heterocycles. The Kier molecular flexibility index (Phi) is 1.69. The minimum atomic E-state index is 0.735. The molecule has 2 N–H and O–H groups in total. The third-order valence-corrected chi connectivity index (χ3v) is 2.98. The lowest BCUT2D eigenvalue weighted by Crippen LogP contribution is -1.86. The molecule has 2 aromatic heterocycles. The average molecular weight is 217 g/mol. The summed E-state index contributed by atoms with van der Waals surface area (Å²) >= 11 is 1.49. The van der Waals surface area contributed by atoms with E-state index in [2.05, 4.69) is 15.3 Å². The summed E-state index contributed by atoms with van der Waals surface area (Å²) in [5.41, 5.74) is 7.45. The van der Waals surface area contributed by atoms with Crippen molar-refractivity contribution in [3.8, 4) is 10.6 Å². The first-order valence-electron chi connectivity index (χ1n) is 4.36. The SMILES string of the molecule is Nc1cccc(-c2nn3cnnc3s2)c1. The van der Waals surface area contributed by atoms with Crippen molar-refractivity contribution >= 4 is 22.0 Å². The smallest absolute Gasteiger partial charge is 0.234 e. The molecule has 0 aliphatic rings. The second kappa shape index (κ2) is 3.03. The molecule has 5 nitrogen and oxygen atoms in total. The number of nitrogens with zero attached hydrogens (tertiary/aromatic N) is 4. The van der Waals surface area contributed by atoms with Crippen LogP contribution in [-0.4, -0.2) is 19.8 Å². The Balaban J connectivity index is 2.17. The van der Waals surface area contributed by atoms with E-state index in [1.807, 2.05) is 24.3 Å². The maximum atomic E-state index is 5.71. The number of benzene rings is 1. The summed E-state index contributed by atoms with van der Waals surface area (Å²) in [4.78, 5) is 0.785. The number of hydrogen-bond donors (Lipinski definition) is 1. The molecule has 0 amide bonds. The summed E-state index contributed by atoms with van der Waals surface area (Å²) in [6.07, 6.45) is 1.58. The summed E-state index contributed by atoms with van der Waals surface area (Å²) in [5, 5.41) is 12.9. The lowest BCUT2D eigenvalue weighted by molar-refractivity contribution is 0.960. The summed E-state index contributed by atoms with van der Waals surface area (Å²) < 4.78 is 1.66. The van der Waals surface area contributed by atoms with Crippen LogP contribution >= 0.6 is 11.3 Å². The largest absolute Gasteiger partial charge is 0.399 e. The highest BCUT2D eigenvalue weighted by molar-refractivity contribution is 7.19. The molecule has 0 fully saturated rings. The fourth-order valence-electron chi connectivity index (χ4n) is 1.35. The van der Waals surface area contributed by atoms with Crippen molar-refractivity contribution in [2.24, 2.45) is 0 Å². The zero-order chi connectivity index (χ0) is 10.3. The highest BCUT2D eigenvalue weighted by Crippen LogP contribution is 2.25. The molecule has 6 heteroatoms. The van der Waals surface area contributed by atoms with E-state index in [0.29, 0.717) is 0 Å². The molecule has 0 atom stereocenters. The Morgan fingerprint density at radius 1 is 1.33 bits per heavy atom. The highest BCUT2D eigenvalue weighted by atomic mass is 32.1. The molecule has 0 spiro atoms. The minimum absolute atomic E-state index is 0.735. The third-order valence-electron chi connectivity index (χ3n) is 2.02. The molecule has 0 bridgehead atoms. The van der Waals surface area contributed by atoms with Crippen molar-refractivity contribution in [3.05, 3.63) is 30.6 Å². The molecule has 3 aromatic rings. The molecule has 0 aliphatic carbocycles. The van der Waals surface area contributed by atoms with Crippen molar-refractivity contribution in [1.82, 2.24) is 19.8 Å². The first kappa shape index (κ1) is 8.37. The third kappa shape index (κ3) is 1.35. The van der Waals surface area contributed by atoms with E-state index < -0.39 is 0 Å². The molecular weight excluding hydrogens is 210 g/mol. The summed E-state index contributed by atoms with van der Waals surface area (Å²) in [7, 11) is 0. The van der Waals surface area contributed by atoms with Gasteiger partial charge in [0, 0.05) is 11.3 Å². The lowest BCUT2D eigenvalue weighted by Gasteiger charge is -1.96. The number of hydrogen-bond acceptors (Lipinski definition) is 5. The van der Waals surface area contributed by atoms with Gasteiger partial charge < -0.3 is 5.73 Å². The monoisotopic (exact) mass is 217 g/mol. The summed E-state index contributed by atoms with van der Waals surface area (Å²) in [5.74, 6) is 0. The molecule has 0 saturated heterocycles. The minimum Gasteiger partial charge on any atom is -0.399 e. The van der Waals surface area contributed by atoms with Crippen LogP contribution in [0.5, 0.6) is 0 Å². The van der Waals surface area contributed by atoms with E-state index in [-0.39, 0.29) is 0 Å². The van der Waals surface area contributed by atoms with Crippen LogP contribution in [0.3, 0.4) is 0 Å². The Bertz CT molecular complexity index is 583. The van der Waals surface area contributed by atoms with Crippen molar-refractivity contribution in [2.45, 2.75) is 0 Å². The molecule has 0 unspecified atom stereocenters. The summed E-state index contributed by atoms with van der Waals surface area (Å²) in [6.45, 7) is 0. The number of aromatic nitrogens is 4. The maximum Gasteiger partial charge on any atom is 0.234 e. The number of rotatable bonds is 1. The van der Waals surface area contributed by atoms with Crippen molar-refractivity contribution < 1.29 is 0 Å². The van der Waals surface area contributed by atoms with Gasteiger partial charge in [-0.05, 0) is 12.1 Å². The Hall–Kier alpha value is -1.95. The first-order valence-corrected chi connectivity index (χ1v) is 5.17. The van der Waals surface area contributed by atoms with Crippen molar-refractivity contribution in [1.29, 1.82) is 0 Å². The van der Waals surface area contributed by atoms with Crippen LogP contribution in [0.25, 0.3) is 15.5 Å². The van der Waals surface area contributed by atoms with E-state index >= 15 is 0 Å². The van der Waals surface area contributed by atoms with Crippen LogP contribution in [0.15, 0.2) is 30.6 Å². The van der Waals surface area contributed by atoms with E-state index in [9.17, 15) is 0 Å². The predicted octanol–water partition coefficient (Wildman–Crippen LogP) is 1.44. The molecule has 1 aromatic carbocycles. The Morgan fingerprint density at radius 3 is 3.07 bits per heavy atom. The number of nitrogen functional groups attached to an aromatic ring is 1. The maximum absolute atomic E-state index is 5.71. The first-order chi connectivity index (χ1) is 7.33. The van der Waals surface area contributed by atoms with Crippen LogP contribution in [0.2, 0.25) is 0 Å². The fourth-order valence-corrected chi connectivity index (χ4v) is 2.16. The van der Waals surface area contributed by atoms with E-state index in [1.54, 1.807) is 10.8 Å². The number of nitrogens with two attached hydrogens (primary N) is 1. The van der Waals surface area contributed by atoms with Crippen LogP contribution in [0.1, 0.15) is 0 Å². The zero-order valence-corrected chi connectivity index (χ0v) is 8.48. The van der Waals surface area contributed by atoms with E-state index in [4.69, 9.17) is 5.73 Å². The standard InChI is InChI=1S/C9H7N5S/c10-7-3-1-2-6(4-7)8-13-14-5-11-12-9(14)15-8/h1-5H,10H2. The van der Waals surface area contributed by atoms with Gasteiger partial charge in [0.15, 0.2) is 0 Å². The second-order valence-corrected chi connectivity index (χ2v) is 4.05. The molecule has 0 radical (unpaired) electrons. The second-order valence-electron chi connectivity index (χ2n) is 3.09. The predicted molar refractivity (Wildman–Crippen MR) is 58.5 cm³/mol. The highest BCUT2D eigenvalue weighted by Gasteiger charge is 2.07. The van der Waals surface area contributed by atoms with E-state index in [1.165, 1.54) is 11.3 Å². The van der Waals surface area contributed by atoms with Gasteiger partial charge in [0.25, 0.3) is 0 Å². The van der Waals surface area contributed by atoms with Gasteiger partial charge in [-0.25, -0.2) is 0 Å². The molecule has 0 saturated carbocycles. The summed E-state index contributed by atoms with van der Waals surface area (Å²) in [6, 6.07) is 7.63.